The van der Waals surface area contributed by atoms with E-state index in [2.05, 4.69) is 58.9 Å². The van der Waals surface area contributed by atoms with Crippen molar-refractivity contribution in [2.75, 3.05) is 39.9 Å². The van der Waals surface area contributed by atoms with Crippen LogP contribution in [0.3, 0.4) is 0 Å². The topological polar surface area (TPSA) is 36.9 Å². The van der Waals surface area contributed by atoms with Crippen LogP contribution in [0.1, 0.15) is 18.2 Å². The Morgan fingerprint density at radius 1 is 1.55 bits per heavy atom. The second-order valence-corrected chi connectivity index (χ2v) is 8.36. The van der Waals surface area contributed by atoms with Crippen LogP contribution in [-0.2, 0) is 11.2 Å². The van der Waals surface area contributed by atoms with Crippen molar-refractivity contribution in [3.8, 4) is 0 Å². The maximum atomic E-state index is 5.45. The molecule has 22 heavy (non-hydrogen) atoms. The van der Waals surface area contributed by atoms with Gasteiger partial charge in [-0.25, -0.2) is 0 Å². The summed E-state index contributed by atoms with van der Waals surface area (Å²) in [5.41, 5.74) is 0. The van der Waals surface area contributed by atoms with Gasteiger partial charge in [-0.1, -0.05) is 0 Å². The average molecular weight is 549 g/mol. The van der Waals surface area contributed by atoms with Crippen LogP contribution in [0.2, 0.25) is 0 Å². The van der Waals surface area contributed by atoms with Crippen LogP contribution >= 0.6 is 57.9 Å². The maximum absolute atomic E-state index is 5.45. The van der Waals surface area contributed by atoms with Crippen LogP contribution < -0.4 is 5.32 Å². The quantitative estimate of drug-likeness (QED) is 0.336. The Morgan fingerprint density at radius 2 is 2.36 bits per heavy atom. The van der Waals surface area contributed by atoms with Gasteiger partial charge in [0.25, 0.3) is 0 Å². The highest BCUT2D eigenvalue weighted by molar-refractivity contribution is 14.1. The molecule has 0 bridgehead atoms. The van der Waals surface area contributed by atoms with Crippen molar-refractivity contribution in [1.29, 1.82) is 0 Å². The van der Waals surface area contributed by atoms with Gasteiger partial charge in [0, 0.05) is 50.5 Å². The SMILES string of the molecule is CCNC(=NCCc1ccc(I)s1)N(C)CC1CCOC1.I. The molecule has 0 aliphatic carbocycles. The van der Waals surface area contributed by atoms with Crippen LogP contribution in [0, 0.1) is 8.80 Å². The first-order valence-electron chi connectivity index (χ1n) is 7.50. The fourth-order valence-corrected chi connectivity index (χ4v) is 4.17. The zero-order chi connectivity index (χ0) is 15.1. The number of aliphatic imine (C=N–C) groups is 1. The number of nitrogens with zero attached hydrogens (tertiary/aromatic N) is 2. The van der Waals surface area contributed by atoms with Crippen LogP contribution in [0.15, 0.2) is 17.1 Å². The van der Waals surface area contributed by atoms with Crippen LogP contribution in [-0.4, -0.2) is 50.8 Å². The first-order chi connectivity index (χ1) is 10.2. The highest BCUT2D eigenvalue weighted by Crippen LogP contribution is 2.18. The van der Waals surface area contributed by atoms with E-state index in [0.29, 0.717) is 5.92 Å². The van der Waals surface area contributed by atoms with Crippen molar-refractivity contribution in [3.63, 3.8) is 0 Å². The Balaban J connectivity index is 0.00000242. The number of nitrogens with one attached hydrogen (secondary N) is 1. The predicted octanol–water partition coefficient (Wildman–Crippen LogP) is 3.45. The van der Waals surface area contributed by atoms with E-state index in [0.717, 1.165) is 51.6 Å². The summed E-state index contributed by atoms with van der Waals surface area (Å²) in [5, 5.41) is 3.38. The first-order valence-corrected chi connectivity index (χ1v) is 9.40. The molecule has 4 nitrogen and oxygen atoms in total. The van der Waals surface area contributed by atoms with Crippen molar-refractivity contribution in [1.82, 2.24) is 10.2 Å². The van der Waals surface area contributed by atoms with Crippen LogP contribution in [0.5, 0.6) is 0 Å². The Bertz CT molecular complexity index is 461. The molecule has 1 aliphatic rings. The van der Waals surface area contributed by atoms with Crippen LogP contribution in [0.4, 0.5) is 0 Å². The van der Waals surface area contributed by atoms with E-state index in [4.69, 9.17) is 9.73 Å². The average Bonchev–Trinajstić information content (AvgIpc) is 3.09. The van der Waals surface area contributed by atoms with E-state index >= 15 is 0 Å². The smallest absolute Gasteiger partial charge is 0.193 e. The standard InChI is InChI=1S/C15H24IN3OS.HI/c1-3-17-15(19(2)10-12-7-9-20-11-12)18-8-6-13-4-5-14(16)21-13;/h4-5,12H,3,6-11H2,1-2H3,(H,17,18);1H. The Morgan fingerprint density at radius 3 is 2.95 bits per heavy atom. The molecular formula is C15H25I2N3OS. The highest BCUT2D eigenvalue weighted by Gasteiger charge is 2.18. The fraction of sp³-hybridized carbons (Fsp3) is 0.667. The number of hydrogen-bond donors (Lipinski definition) is 1. The van der Waals surface area contributed by atoms with Crippen molar-refractivity contribution in [2.24, 2.45) is 10.9 Å². The van der Waals surface area contributed by atoms with Gasteiger partial charge in [-0.15, -0.1) is 35.3 Å². The van der Waals surface area contributed by atoms with Gasteiger partial charge < -0.3 is 15.0 Å². The summed E-state index contributed by atoms with van der Waals surface area (Å²) in [6, 6.07) is 4.37. The summed E-state index contributed by atoms with van der Waals surface area (Å²) in [5.74, 6) is 1.65. The highest BCUT2D eigenvalue weighted by atomic mass is 127. The van der Waals surface area contributed by atoms with Crippen molar-refractivity contribution in [3.05, 3.63) is 19.9 Å². The molecule has 1 unspecified atom stereocenters. The Kier molecular flexibility index (Phi) is 10.2. The summed E-state index contributed by atoms with van der Waals surface area (Å²) < 4.78 is 6.80. The molecule has 1 atom stereocenters. The molecule has 1 saturated heterocycles. The summed E-state index contributed by atoms with van der Waals surface area (Å²) in [6.45, 7) is 6.67. The second-order valence-electron chi connectivity index (χ2n) is 5.30. The third-order valence-electron chi connectivity index (χ3n) is 3.50. The zero-order valence-corrected chi connectivity index (χ0v) is 18.5. The predicted molar refractivity (Wildman–Crippen MR) is 114 cm³/mol. The Labute approximate surface area is 168 Å². The van der Waals surface area contributed by atoms with Gasteiger partial charge in [-0.3, -0.25) is 4.99 Å². The van der Waals surface area contributed by atoms with E-state index < -0.39 is 0 Å². The summed E-state index contributed by atoms with van der Waals surface area (Å²) in [4.78, 5) is 8.40. The maximum Gasteiger partial charge on any atom is 0.193 e. The lowest BCUT2D eigenvalue weighted by atomic mass is 10.1. The lowest BCUT2D eigenvalue weighted by molar-refractivity contribution is 0.181. The Hall–Kier alpha value is 0.390. The van der Waals surface area contributed by atoms with Crippen molar-refractivity contribution < 1.29 is 4.74 Å². The third kappa shape index (κ3) is 6.88. The van der Waals surface area contributed by atoms with Gasteiger partial charge >= 0.3 is 0 Å². The molecule has 2 heterocycles. The van der Waals surface area contributed by atoms with Gasteiger partial charge in [0.1, 0.15) is 0 Å². The van der Waals surface area contributed by atoms with Gasteiger partial charge in [0.2, 0.25) is 0 Å². The monoisotopic (exact) mass is 549 g/mol. The molecule has 0 spiro atoms. The molecule has 0 amide bonds. The molecule has 0 aromatic carbocycles. The third-order valence-corrected chi connectivity index (χ3v) is 5.45. The second kappa shape index (κ2) is 11.0. The number of halogens is 2. The molecule has 1 N–H and O–H groups in total. The summed E-state index contributed by atoms with van der Waals surface area (Å²) in [7, 11) is 2.12. The number of hydrogen-bond acceptors (Lipinski definition) is 3. The zero-order valence-electron chi connectivity index (χ0n) is 13.2. The van der Waals surface area contributed by atoms with E-state index in [9.17, 15) is 0 Å². The molecule has 1 aliphatic heterocycles. The molecule has 1 fully saturated rings. The van der Waals surface area contributed by atoms with Crippen LogP contribution in [0.25, 0.3) is 0 Å². The number of ether oxygens (including phenoxy) is 1. The van der Waals surface area contributed by atoms with E-state index in [1.54, 1.807) is 0 Å². The molecule has 7 heteroatoms. The van der Waals surface area contributed by atoms with Gasteiger partial charge in [-0.2, -0.15) is 0 Å². The van der Waals surface area contributed by atoms with Gasteiger partial charge in [-0.05, 0) is 48.1 Å². The van der Waals surface area contributed by atoms with Crippen molar-refractivity contribution in [2.45, 2.75) is 19.8 Å². The number of thiophene rings is 1. The van der Waals surface area contributed by atoms with Gasteiger partial charge in [0.15, 0.2) is 5.96 Å². The lowest BCUT2D eigenvalue weighted by Gasteiger charge is -2.24. The first kappa shape index (κ1) is 20.4. The van der Waals surface area contributed by atoms with E-state index in [1.165, 1.54) is 7.76 Å². The fourth-order valence-electron chi connectivity index (χ4n) is 2.43. The van der Waals surface area contributed by atoms with E-state index in [-0.39, 0.29) is 24.0 Å². The van der Waals surface area contributed by atoms with Gasteiger partial charge in [0.05, 0.1) is 9.49 Å². The summed E-state index contributed by atoms with van der Waals surface area (Å²) >= 11 is 4.22. The van der Waals surface area contributed by atoms with Crippen molar-refractivity contribution >= 4 is 63.9 Å². The molecule has 126 valence electrons. The minimum absolute atomic E-state index is 0. The molecule has 0 radical (unpaired) electrons. The molecule has 0 saturated carbocycles. The lowest BCUT2D eigenvalue weighted by Crippen LogP contribution is -2.41. The minimum atomic E-state index is 0. The molecule has 1 aromatic rings. The molecule has 2 rings (SSSR count). The molecule has 1 aromatic heterocycles. The number of rotatable bonds is 6. The normalized spacial score (nSPS) is 18.1. The molecular weight excluding hydrogens is 524 g/mol. The van der Waals surface area contributed by atoms with E-state index in [1.807, 2.05) is 11.3 Å². The largest absolute Gasteiger partial charge is 0.381 e. The minimum Gasteiger partial charge on any atom is -0.381 e. The number of guanidine groups is 1. The summed E-state index contributed by atoms with van der Waals surface area (Å²) in [6.07, 6.45) is 2.18.